The summed E-state index contributed by atoms with van der Waals surface area (Å²) in [6.07, 6.45) is 0. The number of nitrogens with zero attached hydrogens (tertiary/aromatic N) is 3. The van der Waals surface area contributed by atoms with Crippen LogP contribution in [0.25, 0.3) is 136 Å². The molecule has 0 bridgehead atoms. The summed E-state index contributed by atoms with van der Waals surface area (Å²) in [5.41, 5.74) is 22.7. The first kappa shape index (κ1) is 55.8. The predicted molar refractivity (Wildman–Crippen MR) is 415 cm³/mol. The minimum atomic E-state index is -0.200. The third kappa shape index (κ3) is 8.25. The van der Waals surface area contributed by atoms with Gasteiger partial charge in [0, 0.05) is 66.9 Å². The molecule has 2 aromatic heterocycles. The quantitative estimate of drug-likeness (QED) is 0.127. The third-order valence-corrected chi connectivity index (χ3v) is 21.6. The first-order chi connectivity index (χ1) is 47.4. The van der Waals surface area contributed by atoms with Crippen LogP contribution in [0.1, 0.15) is 52.7 Å². The van der Waals surface area contributed by atoms with E-state index in [4.69, 9.17) is 4.42 Å². The summed E-state index contributed by atoms with van der Waals surface area (Å²) >= 11 is 0. The number of aromatic nitrogens is 1. The minimum absolute atomic E-state index is 0.0428. The van der Waals surface area contributed by atoms with Crippen LogP contribution in [0.5, 0.6) is 0 Å². The van der Waals surface area contributed by atoms with Crippen molar-refractivity contribution < 1.29 is 4.42 Å². The molecular weight excluding hydrogens is 1170 g/mol. The Hall–Kier alpha value is -11.7. The molecule has 5 heteroatoms. The van der Waals surface area contributed by atoms with Gasteiger partial charge in [-0.25, -0.2) is 0 Å². The van der Waals surface area contributed by atoms with Crippen molar-refractivity contribution in [3.63, 3.8) is 0 Å². The second kappa shape index (κ2) is 20.4. The van der Waals surface area contributed by atoms with Gasteiger partial charge in [-0.2, -0.15) is 0 Å². The summed E-state index contributed by atoms with van der Waals surface area (Å²) < 4.78 is 9.62. The lowest BCUT2D eigenvalue weighted by molar-refractivity contribution is 0.590. The molecule has 0 amide bonds. The molecule has 4 heterocycles. The fourth-order valence-corrected chi connectivity index (χ4v) is 16.9. The van der Waals surface area contributed by atoms with Crippen molar-refractivity contribution in [3.05, 3.63) is 302 Å². The Kier molecular flexibility index (Phi) is 11.7. The van der Waals surface area contributed by atoms with Crippen LogP contribution in [0.3, 0.4) is 0 Å². The van der Waals surface area contributed by atoms with Crippen molar-refractivity contribution in [3.8, 4) is 27.9 Å². The summed E-state index contributed by atoms with van der Waals surface area (Å²) in [5.74, 6) is 0. The third-order valence-electron chi connectivity index (χ3n) is 21.6. The molecule has 18 aromatic rings. The maximum absolute atomic E-state index is 7.08. The van der Waals surface area contributed by atoms with Crippen molar-refractivity contribution >= 4 is 166 Å². The number of benzene rings is 16. The van der Waals surface area contributed by atoms with E-state index in [0.717, 1.165) is 72.9 Å². The summed E-state index contributed by atoms with van der Waals surface area (Å²) in [5, 5.41) is 19.6. The van der Waals surface area contributed by atoms with Crippen molar-refractivity contribution in [2.75, 3.05) is 9.80 Å². The van der Waals surface area contributed by atoms with E-state index >= 15 is 0 Å². The van der Waals surface area contributed by atoms with Crippen molar-refractivity contribution in [2.45, 2.75) is 52.4 Å². The topological polar surface area (TPSA) is 24.6 Å². The lowest BCUT2D eigenvalue weighted by atomic mass is 9.33. The van der Waals surface area contributed by atoms with E-state index in [9.17, 15) is 0 Å². The van der Waals surface area contributed by atoms with Crippen molar-refractivity contribution in [2.24, 2.45) is 0 Å². The Labute approximate surface area is 563 Å². The highest BCUT2D eigenvalue weighted by Gasteiger charge is 2.45. The van der Waals surface area contributed by atoms with Gasteiger partial charge in [0.15, 0.2) is 0 Å². The Bertz CT molecular complexity index is 6290. The van der Waals surface area contributed by atoms with E-state index < -0.39 is 0 Å². The smallest absolute Gasteiger partial charge is 0.252 e. The first-order valence-corrected chi connectivity index (χ1v) is 34.2. The Balaban J connectivity index is 0.932. The summed E-state index contributed by atoms with van der Waals surface area (Å²) in [7, 11) is 0. The number of furan rings is 1. The lowest BCUT2D eigenvalue weighted by Crippen LogP contribution is -2.61. The van der Waals surface area contributed by atoms with Crippen LogP contribution in [-0.4, -0.2) is 11.3 Å². The van der Waals surface area contributed by atoms with Crippen LogP contribution >= 0.6 is 0 Å². The average molecular weight is 1240 g/mol. The molecule has 0 spiro atoms. The van der Waals surface area contributed by atoms with Gasteiger partial charge < -0.3 is 18.8 Å². The second-order valence-corrected chi connectivity index (χ2v) is 29.1. The van der Waals surface area contributed by atoms with E-state index in [1.54, 1.807) is 0 Å². The molecule has 20 rings (SSSR count). The van der Waals surface area contributed by atoms with Gasteiger partial charge in [-0.05, 0) is 205 Å². The van der Waals surface area contributed by atoms with Crippen LogP contribution in [0.4, 0.5) is 34.1 Å². The Morgan fingerprint density at radius 3 is 1.28 bits per heavy atom. The number of fused-ring (bicyclic) bond motifs is 22. The SMILES string of the molecule is CC(C)(C)c1ccc2c(c1)c1cc(C(C)(C)C)ccc1n2-c1ccc2c(c1)N(c1ccc3c4ccccc4c4ccccc4c3c1)c1cc(-c3cccc4c3oc3ccccc34)cc3c1B2c1cc(-c2ccccc2)ccc1N3c1ccc2c3ccccc3c3ccccc3c2c1. The molecule has 97 heavy (non-hydrogen) atoms. The normalized spacial score (nSPS) is 13.2. The van der Waals surface area contributed by atoms with Gasteiger partial charge in [-0.15, -0.1) is 0 Å². The molecule has 16 aromatic carbocycles. The number of para-hydroxylation sites is 2. The molecule has 0 saturated heterocycles. The standard InChI is InChI=1S/C92H66BN3O/c1-91(2,3)58-36-45-82-78(50-58)79-51-59(92(4,5)6)37-46-83(79)94(82)62-40-43-80-85(54-62)96(61-39-42-73-69-28-13-11-24-65(69)67-26-15-17-30-71(67)77(73)53-61)87-49-57(63-32-20-33-75-74-31-18-19-34-88(74)97-90(63)75)48-86-89(87)93(80)81-47-56(55-21-8-7-9-22-55)35-44-84(81)95(86)60-38-41-72-68-27-12-10-23-64(68)66-25-14-16-29-70(66)76(72)52-60/h7-54H,1-6H3. The number of hydrogen-bond donors (Lipinski definition) is 0. The highest BCUT2D eigenvalue weighted by atomic mass is 16.3. The molecule has 458 valence electrons. The molecule has 0 saturated carbocycles. The monoisotopic (exact) mass is 1240 g/mol. The van der Waals surface area contributed by atoms with E-state index in [2.05, 4.69) is 347 Å². The molecule has 0 atom stereocenters. The van der Waals surface area contributed by atoms with Gasteiger partial charge in [-0.3, -0.25) is 0 Å². The van der Waals surface area contributed by atoms with Crippen LogP contribution in [0, 0.1) is 0 Å². The maximum atomic E-state index is 7.08. The van der Waals surface area contributed by atoms with Gasteiger partial charge in [0.2, 0.25) is 0 Å². The molecule has 0 aliphatic carbocycles. The summed E-state index contributed by atoms with van der Waals surface area (Å²) in [6.45, 7) is 13.8. The zero-order valence-electron chi connectivity index (χ0n) is 55.0. The minimum Gasteiger partial charge on any atom is -0.455 e. The van der Waals surface area contributed by atoms with E-state index in [1.807, 2.05) is 0 Å². The number of anilines is 6. The number of rotatable bonds is 5. The molecular formula is C92H66BN3O. The molecule has 2 aliphatic rings. The van der Waals surface area contributed by atoms with Gasteiger partial charge in [0.05, 0.1) is 11.0 Å². The largest absolute Gasteiger partial charge is 0.455 e. The zero-order chi connectivity index (χ0) is 64.7. The fraction of sp³-hybridized carbons (Fsp3) is 0.0870. The molecule has 0 radical (unpaired) electrons. The van der Waals surface area contributed by atoms with Gasteiger partial charge >= 0.3 is 0 Å². The molecule has 4 nitrogen and oxygen atoms in total. The maximum Gasteiger partial charge on any atom is 0.252 e. The van der Waals surface area contributed by atoms with Gasteiger partial charge in [0.1, 0.15) is 11.2 Å². The van der Waals surface area contributed by atoms with Gasteiger partial charge in [0.25, 0.3) is 6.71 Å². The molecule has 2 aliphatic heterocycles. The average Bonchev–Trinajstić information content (AvgIpc) is 0.856. The Morgan fingerprint density at radius 1 is 0.278 bits per heavy atom. The second-order valence-electron chi connectivity index (χ2n) is 29.1. The van der Waals surface area contributed by atoms with Crippen LogP contribution in [0.2, 0.25) is 0 Å². The van der Waals surface area contributed by atoms with Crippen LogP contribution < -0.4 is 26.2 Å². The molecule has 0 N–H and O–H groups in total. The summed E-state index contributed by atoms with van der Waals surface area (Å²) in [4.78, 5) is 5.23. The summed E-state index contributed by atoms with van der Waals surface area (Å²) in [6, 6.07) is 110. The predicted octanol–water partition coefficient (Wildman–Crippen LogP) is 23.6. The van der Waals surface area contributed by atoms with Crippen LogP contribution in [-0.2, 0) is 10.8 Å². The highest BCUT2D eigenvalue weighted by molar-refractivity contribution is 7.00. The highest BCUT2D eigenvalue weighted by Crippen LogP contribution is 2.51. The van der Waals surface area contributed by atoms with E-state index in [0.29, 0.717) is 0 Å². The molecule has 0 unspecified atom stereocenters. The van der Waals surface area contributed by atoms with Crippen molar-refractivity contribution in [1.82, 2.24) is 4.57 Å². The van der Waals surface area contributed by atoms with Crippen molar-refractivity contribution in [1.29, 1.82) is 0 Å². The van der Waals surface area contributed by atoms with E-state index in [1.165, 1.54) is 125 Å². The van der Waals surface area contributed by atoms with E-state index in [-0.39, 0.29) is 17.5 Å². The first-order valence-electron chi connectivity index (χ1n) is 34.2. The zero-order valence-corrected chi connectivity index (χ0v) is 55.0. The van der Waals surface area contributed by atoms with Crippen LogP contribution in [0.15, 0.2) is 296 Å². The van der Waals surface area contributed by atoms with Gasteiger partial charge in [-0.1, -0.05) is 248 Å². The fourth-order valence-electron chi connectivity index (χ4n) is 16.9. The molecule has 0 fully saturated rings. The number of hydrogen-bond acceptors (Lipinski definition) is 3. The lowest BCUT2D eigenvalue weighted by Gasteiger charge is -2.45. The Morgan fingerprint density at radius 2 is 0.742 bits per heavy atom.